The Balaban J connectivity index is 1.75. The summed E-state index contributed by atoms with van der Waals surface area (Å²) in [6.45, 7) is 1.58. The van der Waals surface area contributed by atoms with E-state index in [0.717, 1.165) is 24.8 Å². The molecular formula is C16H19N3O2. The van der Waals surface area contributed by atoms with E-state index in [1.54, 1.807) is 12.3 Å². The monoisotopic (exact) mass is 285 g/mol. The molecule has 1 amide bonds. The van der Waals surface area contributed by atoms with E-state index in [4.69, 9.17) is 10.5 Å². The van der Waals surface area contributed by atoms with Crippen LogP contribution in [0.2, 0.25) is 0 Å². The maximum Gasteiger partial charge on any atom is 0.272 e. The SMILES string of the molecule is NCC#Cc1ccc(C(=O)N2CCOC3CCCC32)nc1. The molecular weight excluding hydrogens is 266 g/mol. The third-order valence-electron chi connectivity index (χ3n) is 4.06. The lowest BCUT2D eigenvalue weighted by Gasteiger charge is -2.37. The Hall–Kier alpha value is -1.90. The van der Waals surface area contributed by atoms with E-state index in [2.05, 4.69) is 16.8 Å². The highest BCUT2D eigenvalue weighted by Crippen LogP contribution is 2.30. The van der Waals surface area contributed by atoms with E-state index in [0.29, 0.717) is 25.4 Å². The van der Waals surface area contributed by atoms with Gasteiger partial charge in [-0.25, -0.2) is 4.98 Å². The summed E-state index contributed by atoms with van der Waals surface area (Å²) in [5.41, 5.74) is 6.58. The van der Waals surface area contributed by atoms with Crippen molar-refractivity contribution >= 4 is 5.91 Å². The maximum atomic E-state index is 12.6. The maximum absolute atomic E-state index is 12.6. The van der Waals surface area contributed by atoms with Crippen molar-refractivity contribution in [2.24, 2.45) is 5.73 Å². The number of hydrogen-bond donors (Lipinski definition) is 1. The second-order valence-corrected chi connectivity index (χ2v) is 5.34. The van der Waals surface area contributed by atoms with Gasteiger partial charge in [-0.3, -0.25) is 4.79 Å². The number of morpholine rings is 1. The van der Waals surface area contributed by atoms with Gasteiger partial charge in [0.2, 0.25) is 0 Å². The predicted octanol–water partition coefficient (Wildman–Crippen LogP) is 0.785. The van der Waals surface area contributed by atoms with Gasteiger partial charge in [0.25, 0.3) is 5.91 Å². The van der Waals surface area contributed by atoms with Crippen molar-refractivity contribution in [3.05, 3.63) is 29.6 Å². The molecule has 1 saturated heterocycles. The van der Waals surface area contributed by atoms with Gasteiger partial charge in [-0.05, 0) is 31.4 Å². The fraction of sp³-hybridized carbons (Fsp3) is 0.500. The van der Waals surface area contributed by atoms with Gasteiger partial charge in [-0.2, -0.15) is 0 Å². The Bertz CT molecular complexity index is 573. The van der Waals surface area contributed by atoms with Gasteiger partial charge in [0.15, 0.2) is 0 Å². The summed E-state index contributed by atoms with van der Waals surface area (Å²) < 4.78 is 5.74. The van der Waals surface area contributed by atoms with Gasteiger partial charge in [0, 0.05) is 18.3 Å². The topological polar surface area (TPSA) is 68.5 Å². The van der Waals surface area contributed by atoms with E-state index >= 15 is 0 Å². The second kappa shape index (κ2) is 6.25. The molecule has 5 heteroatoms. The van der Waals surface area contributed by atoms with Gasteiger partial charge in [-0.1, -0.05) is 11.8 Å². The molecule has 2 N–H and O–H groups in total. The Morgan fingerprint density at radius 1 is 1.48 bits per heavy atom. The first kappa shape index (κ1) is 14.1. The first-order chi connectivity index (χ1) is 10.3. The number of amides is 1. The van der Waals surface area contributed by atoms with Crippen molar-refractivity contribution < 1.29 is 9.53 Å². The zero-order valence-electron chi connectivity index (χ0n) is 11.9. The molecule has 21 heavy (non-hydrogen) atoms. The lowest BCUT2D eigenvalue weighted by atomic mass is 10.1. The number of ether oxygens (including phenoxy) is 1. The Labute approximate surface area is 124 Å². The number of carbonyl (C=O) groups is 1. The summed E-state index contributed by atoms with van der Waals surface area (Å²) in [5.74, 6) is 5.67. The molecule has 2 aliphatic rings. The summed E-state index contributed by atoms with van der Waals surface area (Å²) in [7, 11) is 0. The Morgan fingerprint density at radius 2 is 2.38 bits per heavy atom. The quantitative estimate of drug-likeness (QED) is 0.774. The highest BCUT2D eigenvalue weighted by atomic mass is 16.5. The molecule has 1 aromatic heterocycles. The van der Waals surface area contributed by atoms with Crippen molar-refractivity contribution in [2.45, 2.75) is 31.4 Å². The highest BCUT2D eigenvalue weighted by Gasteiger charge is 2.38. The van der Waals surface area contributed by atoms with Gasteiger partial charge >= 0.3 is 0 Å². The van der Waals surface area contributed by atoms with Crippen LogP contribution < -0.4 is 5.73 Å². The predicted molar refractivity (Wildman–Crippen MR) is 78.6 cm³/mol. The van der Waals surface area contributed by atoms with Crippen LogP contribution in [0.15, 0.2) is 18.3 Å². The fourth-order valence-electron chi connectivity index (χ4n) is 3.07. The number of aromatic nitrogens is 1. The minimum atomic E-state index is -0.00599. The molecule has 0 aromatic carbocycles. The summed E-state index contributed by atoms with van der Waals surface area (Å²) in [6.07, 6.45) is 5.03. The molecule has 5 nitrogen and oxygen atoms in total. The summed E-state index contributed by atoms with van der Waals surface area (Å²) in [5, 5.41) is 0. The zero-order chi connectivity index (χ0) is 14.7. The van der Waals surface area contributed by atoms with E-state index < -0.39 is 0 Å². The van der Waals surface area contributed by atoms with Crippen LogP contribution in [0.5, 0.6) is 0 Å². The highest BCUT2D eigenvalue weighted by molar-refractivity contribution is 5.92. The molecule has 2 unspecified atom stereocenters. The summed E-state index contributed by atoms with van der Waals surface area (Å²) >= 11 is 0. The minimum absolute atomic E-state index is 0.00599. The van der Waals surface area contributed by atoms with Crippen molar-refractivity contribution in [1.29, 1.82) is 0 Å². The summed E-state index contributed by atoms with van der Waals surface area (Å²) in [6, 6.07) is 3.77. The van der Waals surface area contributed by atoms with Crippen LogP contribution in [0.25, 0.3) is 0 Å². The van der Waals surface area contributed by atoms with Gasteiger partial charge in [0.05, 0.1) is 25.3 Å². The second-order valence-electron chi connectivity index (χ2n) is 5.34. The van der Waals surface area contributed by atoms with Crippen LogP contribution in [-0.2, 0) is 4.74 Å². The van der Waals surface area contributed by atoms with E-state index in [1.165, 1.54) is 0 Å². The average molecular weight is 285 g/mol. The molecule has 1 aliphatic heterocycles. The Morgan fingerprint density at radius 3 is 3.14 bits per heavy atom. The normalized spacial score (nSPS) is 24.1. The van der Waals surface area contributed by atoms with Crippen LogP contribution in [0, 0.1) is 11.8 Å². The molecule has 0 spiro atoms. The molecule has 110 valence electrons. The lowest BCUT2D eigenvalue weighted by Crippen LogP contribution is -2.51. The van der Waals surface area contributed by atoms with E-state index in [1.807, 2.05) is 11.0 Å². The zero-order valence-corrected chi connectivity index (χ0v) is 11.9. The molecule has 1 aromatic rings. The van der Waals surface area contributed by atoms with Crippen molar-refractivity contribution in [1.82, 2.24) is 9.88 Å². The standard InChI is InChI=1S/C16H19N3O2/c17-8-2-3-12-6-7-13(18-11-12)16(20)19-9-10-21-15-5-1-4-14(15)19/h6-7,11,14-15H,1,4-5,8-10,17H2. The van der Waals surface area contributed by atoms with Crippen LogP contribution in [0.4, 0.5) is 0 Å². The van der Waals surface area contributed by atoms with Crippen LogP contribution in [0.3, 0.4) is 0 Å². The van der Waals surface area contributed by atoms with Gasteiger partial charge in [0.1, 0.15) is 5.69 Å². The number of nitrogens with two attached hydrogens (primary N) is 1. The van der Waals surface area contributed by atoms with E-state index in [-0.39, 0.29) is 18.1 Å². The molecule has 2 heterocycles. The van der Waals surface area contributed by atoms with Crippen molar-refractivity contribution in [3.8, 4) is 11.8 Å². The smallest absolute Gasteiger partial charge is 0.272 e. The third kappa shape index (κ3) is 2.92. The minimum Gasteiger partial charge on any atom is -0.374 e. The largest absolute Gasteiger partial charge is 0.374 e. The van der Waals surface area contributed by atoms with Crippen molar-refractivity contribution in [2.75, 3.05) is 19.7 Å². The number of hydrogen-bond acceptors (Lipinski definition) is 4. The lowest BCUT2D eigenvalue weighted by molar-refractivity contribution is -0.0447. The molecule has 0 bridgehead atoms. The molecule has 1 saturated carbocycles. The first-order valence-electron chi connectivity index (χ1n) is 7.37. The van der Waals surface area contributed by atoms with Crippen LogP contribution >= 0.6 is 0 Å². The molecule has 3 rings (SSSR count). The molecule has 0 radical (unpaired) electrons. The van der Waals surface area contributed by atoms with Crippen molar-refractivity contribution in [3.63, 3.8) is 0 Å². The molecule has 1 aliphatic carbocycles. The van der Waals surface area contributed by atoms with Gasteiger partial charge in [-0.15, -0.1) is 0 Å². The number of nitrogens with zero attached hydrogens (tertiary/aromatic N) is 2. The molecule has 2 atom stereocenters. The summed E-state index contributed by atoms with van der Waals surface area (Å²) in [4.78, 5) is 18.8. The number of carbonyl (C=O) groups excluding carboxylic acids is 1. The fourth-order valence-corrected chi connectivity index (χ4v) is 3.07. The van der Waals surface area contributed by atoms with Gasteiger partial charge < -0.3 is 15.4 Å². The number of fused-ring (bicyclic) bond motifs is 1. The van der Waals surface area contributed by atoms with Crippen LogP contribution in [-0.4, -0.2) is 47.6 Å². The van der Waals surface area contributed by atoms with Crippen LogP contribution in [0.1, 0.15) is 35.3 Å². The number of pyridine rings is 1. The first-order valence-corrected chi connectivity index (χ1v) is 7.37. The average Bonchev–Trinajstić information content (AvgIpc) is 3.01. The molecule has 2 fully saturated rings. The Kier molecular flexibility index (Phi) is 4.18. The number of rotatable bonds is 1. The van der Waals surface area contributed by atoms with E-state index in [9.17, 15) is 4.79 Å². The third-order valence-corrected chi connectivity index (χ3v) is 4.06.